The molecule has 0 aliphatic carbocycles. The first-order valence-electron chi connectivity index (χ1n) is 7.46. The number of hydrogen-bond donors (Lipinski definition) is 2. The highest BCUT2D eigenvalue weighted by Gasteiger charge is 2.17. The number of rotatable bonds is 6. The van der Waals surface area contributed by atoms with Crippen molar-refractivity contribution in [1.29, 1.82) is 0 Å². The standard InChI is InChI=1S/C17H16N4O2S2/c1-2-8-21-16(23)14-12(11-6-4-3-5-7-11)9-24-15(14)19-17(21)25-10-13(22)20-18/h2-7,9H,1,8,10,18H2,(H,20,22). The summed E-state index contributed by atoms with van der Waals surface area (Å²) in [5.74, 6) is 4.86. The highest BCUT2D eigenvalue weighted by Crippen LogP contribution is 2.32. The average molecular weight is 372 g/mol. The topological polar surface area (TPSA) is 90.0 Å². The summed E-state index contributed by atoms with van der Waals surface area (Å²) in [7, 11) is 0. The number of thioether (sulfide) groups is 1. The van der Waals surface area contributed by atoms with Crippen LogP contribution in [0.5, 0.6) is 0 Å². The molecular formula is C17H16N4O2S2. The Morgan fingerprint density at radius 1 is 1.40 bits per heavy atom. The van der Waals surface area contributed by atoms with E-state index in [0.717, 1.165) is 11.1 Å². The summed E-state index contributed by atoms with van der Waals surface area (Å²) < 4.78 is 1.53. The maximum atomic E-state index is 13.1. The molecule has 3 aromatic rings. The Labute approximate surface area is 152 Å². The van der Waals surface area contributed by atoms with Crippen LogP contribution in [0.15, 0.2) is 58.3 Å². The molecule has 25 heavy (non-hydrogen) atoms. The molecular weight excluding hydrogens is 356 g/mol. The summed E-state index contributed by atoms with van der Waals surface area (Å²) in [6.07, 6.45) is 1.64. The number of allylic oxidation sites excluding steroid dienone is 1. The Hall–Kier alpha value is -2.42. The number of nitrogens with zero attached hydrogens (tertiary/aromatic N) is 2. The van der Waals surface area contributed by atoms with Crippen molar-refractivity contribution < 1.29 is 4.79 Å². The van der Waals surface area contributed by atoms with Gasteiger partial charge in [0.2, 0.25) is 5.91 Å². The van der Waals surface area contributed by atoms with Crippen LogP contribution in [0.25, 0.3) is 21.3 Å². The first-order chi connectivity index (χ1) is 12.2. The van der Waals surface area contributed by atoms with Crippen molar-refractivity contribution in [3.63, 3.8) is 0 Å². The second kappa shape index (κ2) is 7.64. The summed E-state index contributed by atoms with van der Waals surface area (Å²) in [4.78, 5) is 29.7. The number of hydrazine groups is 1. The Bertz CT molecular complexity index is 979. The number of hydrogen-bond acceptors (Lipinski definition) is 6. The van der Waals surface area contributed by atoms with Gasteiger partial charge in [0.05, 0.1) is 11.1 Å². The quantitative estimate of drug-likeness (QED) is 0.173. The smallest absolute Gasteiger partial charge is 0.263 e. The summed E-state index contributed by atoms with van der Waals surface area (Å²) >= 11 is 2.59. The fourth-order valence-electron chi connectivity index (χ4n) is 2.41. The summed E-state index contributed by atoms with van der Waals surface area (Å²) in [5.41, 5.74) is 3.77. The van der Waals surface area contributed by atoms with E-state index in [4.69, 9.17) is 5.84 Å². The molecule has 3 N–H and O–H groups in total. The zero-order chi connectivity index (χ0) is 17.8. The Morgan fingerprint density at radius 3 is 2.84 bits per heavy atom. The van der Waals surface area contributed by atoms with Crippen molar-refractivity contribution in [2.75, 3.05) is 5.75 Å². The lowest BCUT2D eigenvalue weighted by molar-refractivity contribution is -0.118. The maximum Gasteiger partial charge on any atom is 0.263 e. The van der Waals surface area contributed by atoms with Gasteiger partial charge in [0.25, 0.3) is 5.56 Å². The van der Waals surface area contributed by atoms with Crippen molar-refractivity contribution in [1.82, 2.24) is 15.0 Å². The van der Waals surface area contributed by atoms with E-state index in [-0.39, 0.29) is 17.2 Å². The molecule has 3 rings (SSSR count). The largest absolute Gasteiger partial charge is 0.294 e. The fraction of sp³-hybridized carbons (Fsp3) is 0.118. The van der Waals surface area contributed by atoms with E-state index in [9.17, 15) is 9.59 Å². The van der Waals surface area contributed by atoms with E-state index in [2.05, 4.69) is 17.0 Å². The second-order valence-corrected chi connectivity index (χ2v) is 6.95. The van der Waals surface area contributed by atoms with Gasteiger partial charge in [0, 0.05) is 17.5 Å². The monoisotopic (exact) mass is 372 g/mol. The number of fused-ring (bicyclic) bond motifs is 1. The molecule has 8 heteroatoms. The molecule has 0 saturated heterocycles. The number of carbonyl (C=O) groups is 1. The van der Waals surface area contributed by atoms with E-state index in [1.807, 2.05) is 35.7 Å². The van der Waals surface area contributed by atoms with E-state index in [1.165, 1.54) is 27.7 Å². The number of thiophene rings is 1. The van der Waals surface area contributed by atoms with Gasteiger partial charge in [-0.25, -0.2) is 10.8 Å². The van der Waals surface area contributed by atoms with Crippen LogP contribution in [0.3, 0.4) is 0 Å². The minimum absolute atomic E-state index is 0.0858. The highest BCUT2D eigenvalue weighted by molar-refractivity contribution is 7.99. The van der Waals surface area contributed by atoms with E-state index >= 15 is 0 Å². The van der Waals surface area contributed by atoms with Crippen LogP contribution >= 0.6 is 23.1 Å². The van der Waals surface area contributed by atoms with Crippen LogP contribution < -0.4 is 16.8 Å². The third-order valence-corrected chi connectivity index (χ3v) is 5.40. The first kappa shape index (κ1) is 17.4. The fourth-order valence-corrected chi connectivity index (χ4v) is 4.22. The lowest BCUT2D eigenvalue weighted by Gasteiger charge is -2.10. The van der Waals surface area contributed by atoms with Crippen molar-refractivity contribution >= 4 is 39.2 Å². The predicted molar refractivity (Wildman–Crippen MR) is 103 cm³/mol. The number of benzene rings is 1. The molecule has 1 aromatic carbocycles. The van der Waals surface area contributed by atoms with Crippen LogP contribution in [-0.4, -0.2) is 21.2 Å². The van der Waals surface area contributed by atoms with Crippen LogP contribution in [-0.2, 0) is 11.3 Å². The van der Waals surface area contributed by atoms with Crippen LogP contribution in [0.4, 0.5) is 0 Å². The maximum absolute atomic E-state index is 13.1. The van der Waals surface area contributed by atoms with Crippen molar-refractivity contribution in [3.8, 4) is 11.1 Å². The Kier molecular flexibility index (Phi) is 5.32. The molecule has 128 valence electrons. The van der Waals surface area contributed by atoms with E-state index < -0.39 is 0 Å². The highest BCUT2D eigenvalue weighted by atomic mass is 32.2. The minimum atomic E-state index is -0.333. The van der Waals surface area contributed by atoms with E-state index in [1.54, 1.807) is 6.08 Å². The third kappa shape index (κ3) is 3.51. The zero-order valence-electron chi connectivity index (χ0n) is 13.3. The van der Waals surface area contributed by atoms with Gasteiger partial charge in [-0.15, -0.1) is 17.9 Å². The molecule has 0 aliphatic rings. The number of aromatic nitrogens is 2. The third-order valence-electron chi connectivity index (χ3n) is 3.55. The number of carbonyl (C=O) groups excluding carboxylic acids is 1. The Morgan fingerprint density at radius 2 is 2.16 bits per heavy atom. The van der Waals surface area contributed by atoms with Gasteiger partial charge in [-0.05, 0) is 5.56 Å². The molecule has 2 aromatic heterocycles. The summed E-state index contributed by atoms with van der Waals surface area (Å²) in [5, 5.41) is 3.00. The molecule has 6 nitrogen and oxygen atoms in total. The molecule has 2 heterocycles. The summed E-state index contributed by atoms with van der Waals surface area (Å²) in [6.45, 7) is 4.02. The van der Waals surface area contributed by atoms with Gasteiger partial charge >= 0.3 is 0 Å². The molecule has 0 atom stereocenters. The molecule has 0 spiro atoms. The van der Waals surface area contributed by atoms with Gasteiger partial charge in [-0.1, -0.05) is 48.2 Å². The first-order valence-corrected chi connectivity index (χ1v) is 9.32. The van der Waals surface area contributed by atoms with Gasteiger partial charge in [-0.2, -0.15) is 0 Å². The van der Waals surface area contributed by atoms with E-state index in [0.29, 0.717) is 21.9 Å². The lowest BCUT2D eigenvalue weighted by Crippen LogP contribution is -2.32. The number of nitrogens with two attached hydrogens (primary N) is 1. The van der Waals surface area contributed by atoms with Gasteiger partial charge < -0.3 is 0 Å². The van der Waals surface area contributed by atoms with Crippen LogP contribution in [0.2, 0.25) is 0 Å². The molecule has 0 saturated carbocycles. The second-order valence-electron chi connectivity index (χ2n) is 5.15. The van der Waals surface area contributed by atoms with Crippen LogP contribution in [0, 0.1) is 0 Å². The minimum Gasteiger partial charge on any atom is -0.294 e. The zero-order valence-corrected chi connectivity index (χ0v) is 14.9. The van der Waals surface area contributed by atoms with Crippen molar-refractivity contribution in [2.24, 2.45) is 5.84 Å². The average Bonchev–Trinajstić information content (AvgIpc) is 3.07. The lowest BCUT2D eigenvalue weighted by atomic mass is 10.1. The Balaban J connectivity index is 2.14. The van der Waals surface area contributed by atoms with Gasteiger partial charge in [0.1, 0.15) is 4.83 Å². The molecule has 0 bridgehead atoms. The summed E-state index contributed by atoms with van der Waals surface area (Å²) in [6, 6.07) is 9.73. The van der Waals surface area contributed by atoms with Crippen molar-refractivity contribution in [2.45, 2.75) is 11.7 Å². The molecule has 0 fully saturated rings. The van der Waals surface area contributed by atoms with Crippen LogP contribution in [0.1, 0.15) is 0 Å². The SMILES string of the molecule is C=CCn1c(SCC(=O)NN)nc2scc(-c3ccccc3)c2c1=O. The molecule has 0 unspecified atom stereocenters. The predicted octanol–water partition coefficient (Wildman–Crippen LogP) is 2.39. The van der Waals surface area contributed by atoms with Gasteiger partial charge in [-0.3, -0.25) is 19.6 Å². The molecule has 0 aliphatic heterocycles. The number of amides is 1. The number of nitrogens with one attached hydrogen (secondary N) is 1. The molecule has 1 amide bonds. The van der Waals surface area contributed by atoms with Gasteiger partial charge in [0.15, 0.2) is 5.16 Å². The molecule has 0 radical (unpaired) electrons. The normalized spacial score (nSPS) is 10.8. The van der Waals surface area contributed by atoms with Crippen molar-refractivity contribution in [3.05, 3.63) is 58.7 Å².